The molecule has 0 unspecified atom stereocenters. The molecule has 2 heteroatoms. The molecule has 0 radical (unpaired) electrons. The molecule has 0 saturated carbocycles. The number of nitrogens with two attached hydrogens (primary N) is 1. The molecule has 0 spiro atoms. The van der Waals surface area contributed by atoms with Crippen molar-refractivity contribution in [3.05, 3.63) is 29.3 Å². The van der Waals surface area contributed by atoms with Crippen LogP contribution in [0, 0.1) is 6.92 Å². The van der Waals surface area contributed by atoms with Crippen molar-refractivity contribution in [2.45, 2.75) is 33.1 Å². The number of hydrogen-bond donors (Lipinski definition) is 1. The van der Waals surface area contributed by atoms with Crippen LogP contribution in [0.4, 0.5) is 0 Å². The smallest absolute Gasteiger partial charge is 0.122 e. The quantitative estimate of drug-likeness (QED) is 0.823. The first kappa shape index (κ1) is 12.1. The zero-order valence-corrected chi connectivity index (χ0v) is 10.1. The van der Waals surface area contributed by atoms with E-state index in [4.69, 9.17) is 10.5 Å². The average Bonchev–Trinajstić information content (AvgIpc) is 2.21. The third-order valence-corrected chi connectivity index (χ3v) is 2.77. The van der Waals surface area contributed by atoms with E-state index in [2.05, 4.69) is 32.9 Å². The monoisotopic (exact) mass is 207 g/mol. The van der Waals surface area contributed by atoms with Gasteiger partial charge in [0.05, 0.1) is 6.61 Å². The Morgan fingerprint density at radius 2 is 2.00 bits per heavy atom. The summed E-state index contributed by atoms with van der Waals surface area (Å²) in [4.78, 5) is 0. The highest BCUT2D eigenvalue weighted by molar-refractivity contribution is 5.39. The van der Waals surface area contributed by atoms with Crippen LogP contribution in [0.5, 0.6) is 5.75 Å². The van der Waals surface area contributed by atoms with E-state index in [1.165, 1.54) is 11.1 Å². The topological polar surface area (TPSA) is 35.2 Å². The van der Waals surface area contributed by atoms with Crippen LogP contribution in [0.1, 0.15) is 31.9 Å². The van der Waals surface area contributed by atoms with Crippen LogP contribution >= 0.6 is 0 Å². The molecular weight excluding hydrogens is 186 g/mol. The van der Waals surface area contributed by atoms with E-state index in [0.29, 0.717) is 13.2 Å². The minimum absolute atomic E-state index is 0.0372. The maximum Gasteiger partial charge on any atom is 0.122 e. The fraction of sp³-hybridized carbons (Fsp3) is 0.538. The fourth-order valence-electron chi connectivity index (χ4n) is 1.51. The van der Waals surface area contributed by atoms with Crippen LogP contribution in [0.3, 0.4) is 0 Å². The predicted octanol–water partition coefficient (Wildman–Crippen LogP) is 2.63. The summed E-state index contributed by atoms with van der Waals surface area (Å²) in [5.41, 5.74) is 8.24. The van der Waals surface area contributed by atoms with Crippen LogP contribution in [0.25, 0.3) is 0 Å². The van der Waals surface area contributed by atoms with Gasteiger partial charge in [-0.1, -0.05) is 26.0 Å². The molecule has 0 aromatic heterocycles. The van der Waals surface area contributed by atoms with Crippen LogP contribution in [0.15, 0.2) is 18.2 Å². The Labute approximate surface area is 92.4 Å². The highest BCUT2D eigenvalue weighted by Crippen LogP contribution is 2.27. The largest absolute Gasteiger partial charge is 0.494 e. The first-order valence-corrected chi connectivity index (χ1v) is 5.45. The Hall–Kier alpha value is -1.02. The second-order valence-electron chi connectivity index (χ2n) is 4.50. The van der Waals surface area contributed by atoms with Gasteiger partial charge in [0.1, 0.15) is 5.75 Å². The molecule has 0 aliphatic carbocycles. The Morgan fingerprint density at radius 1 is 1.33 bits per heavy atom. The van der Waals surface area contributed by atoms with E-state index in [9.17, 15) is 0 Å². The molecule has 84 valence electrons. The summed E-state index contributed by atoms with van der Waals surface area (Å²) in [5, 5.41) is 0. The second-order valence-corrected chi connectivity index (χ2v) is 4.50. The van der Waals surface area contributed by atoms with Gasteiger partial charge in [-0.15, -0.1) is 0 Å². The highest BCUT2D eigenvalue weighted by Gasteiger charge is 2.18. The zero-order chi connectivity index (χ0) is 11.5. The number of hydrogen-bond acceptors (Lipinski definition) is 2. The second kappa shape index (κ2) is 4.67. The normalized spacial score (nSPS) is 11.5. The van der Waals surface area contributed by atoms with Crippen LogP contribution in [-0.4, -0.2) is 13.2 Å². The third-order valence-electron chi connectivity index (χ3n) is 2.77. The number of aryl methyl sites for hydroxylation is 1. The summed E-state index contributed by atoms with van der Waals surface area (Å²) in [6.45, 7) is 9.74. The van der Waals surface area contributed by atoms with E-state index in [1.54, 1.807) is 0 Å². The van der Waals surface area contributed by atoms with E-state index in [0.717, 1.165) is 5.75 Å². The molecule has 0 amide bonds. The summed E-state index contributed by atoms with van der Waals surface area (Å²) >= 11 is 0. The van der Waals surface area contributed by atoms with Gasteiger partial charge in [-0.25, -0.2) is 0 Å². The van der Waals surface area contributed by atoms with Crippen LogP contribution in [-0.2, 0) is 5.41 Å². The summed E-state index contributed by atoms with van der Waals surface area (Å²) in [5.74, 6) is 0.967. The van der Waals surface area contributed by atoms with E-state index in [1.807, 2.05) is 13.0 Å². The molecular formula is C13H21NO. The van der Waals surface area contributed by atoms with Crippen molar-refractivity contribution in [1.82, 2.24) is 0 Å². The van der Waals surface area contributed by atoms with Gasteiger partial charge in [0.2, 0.25) is 0 Å². The standard InChI is InChI=1S/C13H21NO/c1-5-15-12-7-6-11(8-10(12)2)13(3,4)9-14/h6-8H,5,9,14H2,1-4H3. The number of rotatable bonds is 4. The summed E-state index contributed by atoms with van der Waals surface area (Å²) in [6, 6.07) is 6.30. The van der Waals surface area contributed by atoms with E-state index < -0.39 is 0 Å². The lowest BCUT2D eigenvalue weighted by molar-refractivity contribution is 0.337. The Morgan fingerprint density at radius 3 is 2.47 bits per heavy atom. The lowest BCUT2D eigenvalue weighted by atomic mass is 9.84. The molecule has 2 nitrogen and oxygen atoms in total. The third kappa shape index (κ3) is 2.72. The average molecular weight is 207 g/mol. The Kier molecular flexibility index (Phi) is 3.75. The predicted molar refractivity (Wildman–Crippen MR) is 64.4 cm³/mol. The molecule has 0 aliphatic rings. The van der Waals surface area contributed by atoms with Crippen molar-refractivity contribution < 1.29 is 4.74 Å². The fourth-order valence-corrected chi connectivity index (χ4v) is 1.51. The maximum atomic E-state index is 5.75. The highest BCUT2D eigenvalue weighted by atomic mass is 16.5. The number of benzene rings is 1. The van der Waals surface area contributed by atoms with Gasteiger partial charge in [-0.2, -0.15) is 0 Å². The molecule has 1 aromatic rings. The molecule has 1 rings (SSSR count). The maximum absolute atomic E-state index is 5.75. The Balaban J connectivity index is 3.01. The lowest BCUT2D eigenvalue weighted by Crippen LogP contribution is -2.28. The minimum Gasteiger partial charge on any atom is -0.494 e. The molecule has 15 heavy (non-hydrogen) atoms. The summed E-state index contributed by atoms with van der Waals surface area (Å²) in [6.07, 6.45) is 0. The van der Waals surface area contributed by atoms with E-state index >= 15 is 0 Å². The lowest BCUT2D eigenvalue weighted by Gasteiger charge is -2.24. The van der Waals surface area contributed by atoms with Crippen molar-refractivity contribution in [2.24, 2.45) is 5.73 Å². The summed E-state index contributed by atoms with van der Waals surface area (Å²) in [7, 11) is 0. The number of ether oxygens (including phenoxy) is 1. The van der Waals surface area contributed by atoms with Gasteiger partial charge in [0.25, 0.3) is 0 Å². The van der Waals surface area contributed by atoms with Crippen molar-refractivity contribution >= 4 is 0 Å². The van der Waals surface area contributed by atoms with Crippen molar-refractivity contribution in [3.63, 3.8) is 0 Å². The van der Waals surface area contributed by atoms with Gasteiger partial charge < -0.3 is 10.5 Å². The molecule has 0 saturated heterocycles. The molecule has 0 heterocycles. The summed E-state index contributed by atoms with van der Waals surface area (Å²) < 4.78 is 5.51. The molecule has 0 aliphatic heterocycles. The van der Waals surface area contributed by atoms with Gasteiger partial charge in [0, 0.05) is 12.0 Å². The van der Waals surface area contributed by atoms with Gasteiger partial charge in [-0.05, 0) is 31.0 Å². The molecule has 1 aromatic carbocycles. The molecule has 2 N–H and O–H groups in total. The minimum atomic E-state index is 0.0372. The van der Waals surface area contributed by atoms with Crippen molar-refractivity contribution in [3.8, 4) is 5.75 Å². The first-order chi connectivity index (χ1) is 7.01. The van der Waals surface area contributed by atoms with E-state index in [-0.39, 0.29) is 5.41 Å². The van der Waals surface area contributed by atoms with Crippen LogP contribution in [0.2, 0.25) is 0 Å². The van der Waals surface area contributed by atoms with Gasteiger partial charge in [-0.3, -0.25) is 0 Å². The van der Waals surface area contributed by atoms with Gasteiger partial charge >= 0.3 is 0 Å². The molecule has 0 fully saturated rings. The van der Waals surface area contributed by atoms with Crippen molar-refractivity contribution in [1.29, 1.82) is 0 Å². The molecule has 0 bridgehead atoms. The zero-order valence-electron chi connectivity index (χ0n) is 10.1. The Bertz CT molecular complexity index is 331. The molecule has 0 atom stereocenters. The van der Waals surface area contributed by atoms with Gasteiger partial charge in [0.15, 0.2) is 0 Å². The van der Waals surface area contributed by atoms with Crippen molar-refractivity contribution in [2.75, 3.05) is 13.2 Å². The first-order valence-electron chi connectivity index (χ1n) is 5.45. The SMILES string of the molecule is CCOc1ccc(C(C)(C)CN)cc1C. The van der Waals surface area contributed by atoms with Crippen LogP contribution < -0.4 is 10.5 Å².